The van der Waals surface area contributed by atoms with Gasteiger partial charge in [-0.2, -0.15) is 0 Å². The van der Waals surface area contributed by atoms with Gasteiger partial charge in [0, 0.05) is 18.9 Å². The summed E-state index contributed by atoms with van der Waals surface area (Å²) in [6.45, 7) is 6.13. The van der Waals surface area contributed by atoms with Crippen molar-refractivity contribution in [2.24, 2.45) is 5.92 Å². The Hall–Kier alpha value is -1.25. The molecule has 0 aliphatic rings. The molecule has 0 bridgehead atoms. The number of aryl methyl sites for hydroxylation is 1. The lowest BCUT2D eigenvalue weighted by Crippen LogP contribution is -2.33. The van der Waals surface area contributed by atoms with E-state index >= 15 is 0 Å². The van der Waals surface area contributed by atoms with Crippen LogP contribution in [0.25, 0.3) is 0 Å². The summed E-state index contributed by atoms with van der Waals surface area (Å²) in [6.07, 6.45) is 4.07. The Kier molecular flexibility index (Phi) is 5.09. The van der Waals surface area contributed by atoms with Gasteiger partial charge in [0.05, 0.1) is 6.26 Å². The molecule has 0 radical (unpaired) electrons. The van der Waals surface area contributed by atoms with Crippen molar-refractivity contribution in [2.45, 2.75) is 46.1 Å². The third kappa shape index (κ3) is 5.01. The highest BCUT2D eigenvalue weighted by Crippen LogP contribution is 2.06. The van der Waals surface area contributed by atoms with Crippen molar-refractivity contribution in [1.82, 2.24) is 5.32 Å². The molecule has 1 amide bonds. The van der Waals surface area contributed by atoms with E-state index in [0.29, 0.717) is 12.3 Å². The molecule has 3 nitrogen and oxygen atoms in total. The highest BCUT2D eigenvalue weighted by atomic mass is 16.3. The maximum Gasteiger partial charge on any atom is 0.220 e. The monoisotopic (exact) mass is 223 g/mol. The van der Waals surface area contributed by atoms with Crippen LogP contribution in [0.4, 0.5) is 0 Å². The number of amides is 1. The minimum Gasteiger partial charge on any atom is -0.469 e. The van der Waals surface area contributed by atoms with Crippen molar-refractivity contribution in [3.8, 4) is 0 Å². The Labute approximate surface area is 97.2 Å². The van der Waals surface area contributed by atoms with Crippen LogP contribution in [0.5, 0.6) is 0 Å². The lowest BCUT2D eigenvalue weighted by atomic mass is 10.1. The van der Waals surface area contributed by atoms with Gasteiger partial charge in [0.1, 0.15) is 5.76 Å². The van der Waals surface area contributed by atoms with E-state index in [1.54, 1.807) is 6.26 Å². The smallest absolute Gasteiger partial charge is 0.220 e. The van der Waals surface area contributed by atoms with Gasteiger partial charge >= 0.3 is 0 Å². The molecule has 0 aliphatic heterocycles. The summed E-state index contributed by atoms with van der Waals surface area (Å²) >= 11 is 0. The van der Waals surface area contributed by atoms with Gasteiger partial charge in [0.25, 0.3) is 0 Å². The zero-order valence-corrected chi connectivity index (χ0v) is 10.3. The number of carbonyl (C=O) groups is 1. The Morgan fingerprint density at radius 1 is 1.44 bits per heavy atom. The first kappa shape index (κ1) is 12.8. The van der Waals surface area contributed by atoms with Crippen LogP contribution in [0.3, 0.4) is 0 Å². The van der Waals surface area contributed by atoms with E-state index in [2.05, 4.69) is 5.32 Å². The molecule has 1 aromatic rings. The van der Waals surface area contributed by atoms with Crippen molar-refractivity contribution in [2.75, 3.05) is 0 Å². The quantitative estimate of drug-likeness (QED) is 0.805. The van der Waals surface area contributed by atoms with Crippen molar-refractivity contribution in [3.05, 3.63) is 24.2 Å². The minimum absolute atomic E-state index is 0.141. The van der Waals surface area contributed by atoms with E-state index in [9.17, 15) is 4.79 Å². The predicted molar refractivity (Wildman–Crippen MR) is 64.1 cm³/mol. The molecule has 90 valence electrons. The Morgan fingerprint density at radius 2 is 2.19 bits per heavy atom. The van der Waals surface area contributed by atoms with Gasteiger partial charge in [-0.3, -0.25) is 4.79 Å². The first-order valence-electron chi connectivity index (χ1n) is 5.89. The molecule has 0 saturated heterocycles. The summed E-state index contributed by atoms with van der Waals surface area (Å²) in [7, 11) is 0. The largest absolute Gasteiger partial charge is 0.469 e. The third-order valence-corrected chi connectivity index (χ3v) is 2.40. The van der Waals surface area contributed by atoms with Gasteiger partial charge in [-0.25, -0.2) is 0 Å². The van der Waals surface area contributed by atoms with Gasteiger partial charge in [-0.15, -0.1) is 0 Å². The average Bonchev–Trinajstić information content (AvgIpc) is 2.65. The normalized spacial score (nSPS) is 12.8. The van der Waals surface area contributed by atoms with E-state index in [1.165, 1.54) is 0 Å². The lowest BCUT2D eigenvalue weighted by Gasteiger charge is -2.14. The maximum atomic E-state index is 11.5. The molecule has 0 saturated carbocycles. The molecule has 1 N–H and O–H groups in total. The SMILES string of the molecule is CC(C)CC(=O)NC(C)CCc1ccco1. The van der Waals surface area contributed by atoms with Crippen LogP contribution < -0.4 is 5.32 Å². The van der Waals surface area contributed by atoms with Gasteiger partial charge in [-0.1, -0.05) is 13.8 Å². The highest BCUT2D eigenvalue weighted by molar-refractivity contribution is 5.76. The summed E-state index contributed by atoms with van der Waals surface area (Å²) in [6, 6.07) is 4.05. The molecule has 1 rings (SSSR count). The second kappa shape index (κ2) is 6.36. The van der Waals surface area contributed by atoms with Crippen LogP contribution in [0.2, 0.25) is 0 Å². The van der Waals surface area contributed by atoms with Crippen LogP contribution in [-0.4, -0.2) is 11.9 Å². The van der Waals surface area contributed by atoms with Gasteiger partial charge in [0.15, 0.2) is 0 Å². The molecule has 1 atom stereocenters. The fourth-order valence-electron chi connectivity index (χ4n) is 1.59. The molecule has 0 spiro atoms. The third-order valence-electron chi connectivity index (χ3n) is 2.40. The molecule has 1 unspecified atom stereocenters. The van der Waals surface area contributed by atoms with Crippen LogP contribution >= 0.6 is 0 Å². The summed E-state index contributed by atoms with van der Waals surface area (Å²) in [5.41, 5.74) is 0. The minimum atomic E-state index is 0.141. The van der Waals surface area contributed by atoms with Gasteiger partial charge in [0.2, 0.25) is 5.91 Å². The van der Waals surface area contributed by atoms with Crippen molar-refractivity contribution in [3.63, 3.8) is 0 Å². The summed E-state index contributed by atoms with van der Waals surface area (Å²) < 4.78 is 5.24. The summed E-state index contributed by atoms with van der Waals surface area (Å²) in [5, 5.41) is 2.99. The molecule has 1 aromatic heterocycles. The number of furan rings is 1. The van der Waals surface area contributed by atoms with Crippen molar-refractivity contribution >= 4 is 5.91 Å². The van der Waals surface area contributed by atoms with Crippen LogP contribution in [0.15, 0.2) is 22.8 Å². The first-order chi connectivity index (χ1) is 7.58. The van der Waals surface area contributed by atoms with E-state index in [4.69, 9.17) is 4.42 Å². The van der Waals surface area contributed by atoms with E-state index in [-0.39, 0.29) is 11.9 Å². The zero-order chi connectivity index (χ0) is 12.0. The van der Waals surface area contributed by atoms with Crippen molar-refractivity contribution < 1.29 is 9.21 Å². The number of hydrogen-bond donors (Lipinski definition) is 1. The highest BCUT2D eigenvalue weighted by Gasteiger charge is 2.09. The van der Waals surface area contributed by atoms with Crippen LogP contribution in [0.1, 0.15) is 39.4 Å². The maximum absolute atomic E-state index is 11.5. The molecular weight excluding hydrogens is 202 g/mol. The number of hydrogen-bond acceptors (Lipinski definition) is 2. The molecule has 16 heavy (non-hydrogen) atoms. The second-order valence-electron chi connectivity index (χ2n) is 4.68. The average molecular weight is 223 g/mol. The van der Waals surface area contributed by atoms with Crippen molar-refractivity contribution in [1.29, 1.82) is 0 Å². The standard InChI is InChI=1S/C13H21NO2/c1-10(2)9-13(15)14-11(3)6-7-12-5-4-8-16-12/h4-5,8,10-11H,6-7,9H2,1-3H3,(H,14,15). The molecule has 0 aromatic carbocycles. The van der Waals surface area contributed by atoms with Gasteiger partial charge in [-0.05, 0) is 31.4 Å². The number of rotatable bonds is 6. The van der Waals surface area contributed by atoms with Crippen LogP contribution in [0, 0.1) is 5.92 Å². The molecule has 0 aliphatic carbocycles. The second-order valence-corrected chi connectivity index (χ2v) is 4.68. The molecule has 1 heterocycles. The molecule has 0 fully saturated rings. The van der Waals surface area contributed by atoms with E-state index in [0.717, 1.165) is 18.6 Å². The molecule has 3 heteroatoms. The fourth-order valence-corrected chi connectivity index (χ4v) is 1.59. The number of carbonyl (C=O) groups excluding carboxylic acids is 1. The molecular formula is C13H21NO2. The Morgan fingerprint density at radius 3 is 2.75 bits per heavy atom. The van der Waals surface area contributed by atoms with E-state index < -0.39 is 0 Å². The van der Waals surface area contributed by atoms with E-state index in [1.807, 2.05) is 32.9 Å². The first-order valence-corrected chi connectivity index (χ1v) is 5.89. The summed E-state index contributed by atoms with van der Waals surface area (Å²) in [4.78, 5) is 11.5. The predicted octanol–water partition coefficient (Wildman–Crippen LogP) is 2.76. The summed E-state index contributed by atoms with van der Waals surface area (Å²) in [5.74, 6) is 1.53. The van der Waals surface area contributed by atoms with Crippen LogP contribution in [-0.2, 0) is 11.2 Å². The van der Waals surface area contributed by atoms with Gasteiger partial charge < -0.3 is 9.73 Å². The number of nitrogens with one attached hydrogen (secondary N) is 1. The fraction of sp³-hybridized carbons (Fsp3) is 0.615. The Balaban J connectivity index is 2.20. The zero-order valence-electron chi connectivity index (χ0n) is 10.3. The lowest BCUT2D eigenvalue weighted by molar-refractivity contribution is -0.122. The Bertz CT molecular complexity index is 304. The topological polar surface area (TPSA) is 42.2 Å².